The number of aromatic nitrogens is 1. The Morgan fingerprint density at radius 1 is 1.24 bits per heavy atom. The zero-order valence-corrected chi connectivity index (χ0v) is 16.6. The minimum Gasteiger partial charge on any atom is -0.339 e. The Kier molecular flexibility index (Phi) is 5.88. The van der Waals surface area contributed by atoms with Crippen molar-refractivity contribution >= 4 is 43.2 Å². The van der Waals surface area contributed by atoms with Crippen LogP contribution in [0.2, 0.25) is 0 Å². The Hall–Kier alpha value is -1.29. The van der Waals surface area contributed by atoms with Gasteiger partial charge in [0.25, 0.3) is 5.91 Å². The fourth-order valence-corrected chi connectivity index (χ4v) is 5.93. The van der Waals surface area contributed by atoms with Gasteiger partial charge in [0.2, 0.25) is 10.0 Å². The predicted molar refractivity (Wildman–Crippen MR) is 100 cm³/mol. The Labute approximate surface area is 159 Å². The molecule has 0 spiro atoms. The zero-order valence-electron chi connectivity index (χ0n) is 13.4. The molecule has 0 aliphatic carbocycles. The molecule has 25 heavy (non-hydrogen) atoms. The SMILES string of the molecule is O=C(c1ccncc1)N1CCC(CNS(=O)(=O)c2ccc(Br)s2)CC1. The van der Waals surface area contributed by atoms with Gasteiger partial charge in [-0.25, -0.2) is 13.1 Å². The average molecular weight is 444 g/mol. The van der Waals surface area contributed by atoms with Crippen LogP contribution in [0.15, 0.2) is 44.7 Å². The maximum atomic E-state index is 12.4. The molecule has 0 unspecified atom stereocenters. The van der Waals surface area contributed by atoms with Gasteiger partial charge in [-0.1, -0.05) is 0 Å². The Morgan fingerprint density at radius 2 is 1.92 bits per heavy atom. The molecule has 1 fully saturated rings. The number of likely N-dealkylation sites (tertiary alicyclic amines) is 1. The summed E-state index contributed by atoms with van der Waals surface area (Å²) in [4.78, 5) is 18.1. The van der Waals surface area contributed by atoms with Crippen LogP contribution < -0.4 is 4.72 Å². The van der Waals surface area contributed by atoms with E-state index < -0.39 is 10.0 Å². The Morgan fingerprint density at radius 3 is 2.52 bits per heavy atom. The van der Waals surface area contributed by atoms with Gasteiger partial charge in [0.05, 0.1) is 3.79 Å². The quantitative estimate of drug-likeness (QED) is 0.769. The van der Waals surface area contributed by atoms with Gasteiger partial charge in [0, 0.05) is 37.6 Å². The van der Waals surface area contributed by atoms with Gasteiger partial charge in [0.1, 0.15) is 4.21 Å². The Balaban J connectivity index is 1.50. The van der Waals surface area contributed by atoms with E-state index in [-0.39, 0.29) is 11.8 Å². The standard InChI is InChI=1S/C16H18BrN3O3S2/c17-14-1-2-15(24-14)25(22,23)19-11-12-5-9-20(10-6-12)16(21)13-3-7-18-8-4-13/h1-4,7-8,12,19H,5-6,9-11H2. The van der Waals surface area contributed by atoms with E-state index >= 15 is 0 Å². The van der Waals surface area contributed by atoms with E-state index in [1.807, 2.05) is 4.90 Å². The van der Waals surface area contributed by atoms with Crippen molar-refractivity contribution in [1.82, 2.24) is 14.6 Å². The van der Waals surface area contributed by atoms with Crippen LogP contribution in [0.4, 0.5) is 0 Å². The summed E-state index contributed by atoms with van der Waals surface area (Å²) in [6.07, 6.45) is 4.79. The fourth-order valence-electron chi connectivity index (χ4n) is 2.76. The molecule has 1 saturated heterocycles. The van der Waals surface area contributed by atoms with Crippen LogP contribution in [0.25, 0.3) is 0 Å². The first kappa shape index (κ1) is 18.5. The summed E-state index contributed by atoms with van der Waals surface area (Å²) in [5, 5.41) is 0. The molecule has 6 nitrogen and oxygen atoms in total. The maximum Gasteiger partial charge on any atom is 0.253 e. The van der Waals surface area contributed by atoms with Crippen LogP contribution in [0.3, 0.4) is 0 Å². The third-order valence-electron chi connectivity index (χ3n) is 4.20. The smallest absolute Gasteiger partial charge is 0.253 e. The first-order chi connectivity index (χ1) is 12.0. The normalized spacial score (nSPS) is 16.1. The summed E-state index contributed by atoms with van der Waals surface area (Å²) in [5.41, 5.74) is 0.637. The third-order valence-corrected chi connectivity index (χ3v) is 7.74. The highest BCUT2D eigenvalue weighted by atomic mass is 79.9. The van der Waals surface area contributed by atoms with Crippen molar-refractivity contribution in [1.29, 1.82) is 0 Å². The molecule has 0 bridgehead atoms. The van der Waals surface area contributed by atoms with E-state index in [2.05, 4.69) is 25.6 Å². The van der Waals surface area contributed by atoms with Crippen LogP contribution in [-0.4, -0.2) is 43.8 Å². The number of rotatable bonds is 5. The van der Waals surface area contributed by atoms with Gasteiger partial charge in [-0.3, -0.25) is 9.78 Å². The molecule has 9 heteroatoms. The number of sulfonamides is 1. The third kappa shape index (κ3) is 4.66. The molecule has 3 heterocycles. The molecule has 1 N–H and O–H groups in total. The van der Waals surface area contributed by atoms with Crippen LogP contribution in [-0.2, 0) is 10.0 Å². The summed E-state index contributed by atoms with van der Waals surface area (Å²) in [6, 6.07) is 6.74. The molecule has 0 aromatic carbocycles. The number of carbonyl (C=O) groups is 1. The maximum absolute atomic E-state index is 12.4. The second kappa shape index (κ2) is 7.94. The van der Waals surface area contributed by atoms with Crippen molar-refractivity contribution in [3.05, 3.63) is 46.0 Å². The van der Waals surface area contributed by atoms with E-state index in [1.54, 1.807) is 36.7 Å². The van der Waals surface area contributed by atoms with E-state index in [4.69, 9.17) is 0 Å². The van der Waals surface area contributed by atoms with E-state index in [0.29, 0.717) is 29.4 Å². The van der Waals surface area contributed by atoms with Crippen molar-refractivity contribution < 1.29 is 13.2 Å². The summed E-state index contributed by atoms with van der Waals surface area (Å²) >= 11 is 4.47. The number of carbonyl (C=O) groups excluding carboxylic acids is 1. The van der Waals surface area contributed by atoms with E-state index in [1.165, 1.54) is 11.3 Å². The number of pyridine rings is 1. The molecular weight excluding hydrogens is 426 g/mol. The van der Waals surface area contributed by atoms with Gasteiger partial charge in [-0.2, -0.15) is 0 Å². The van der Waals surface area contributed by atoms with Gasteiger partial charge in [-0.05, 0) is 59.0 Å². The van der Waals surface area contributed by atoms with Crippen molar-refractivity contribution in [2.24, 2.45) is 5.92 Å². The minimum absolute atomic E-state index is 0.00451. The number of piperidine rings is 1. The van der Waals surface area contributed by atoms with Crippen LogP contribution in [0.1, 0.15) is 23.2 Å². The first-order valence-corrected chi connectivity index (χ1v) is 11.0. The molecule has 0 atom stereocenters. The fraction of sp³-hybridized carbons (Fsp3) is 0.375. The summed E-state index contributed by atoms with van der Waals surface area (Å²) < 4.78 is 28.3. The monoisotopic (exact) mass is 443 g/mol. The number of thiophene rings is 1. The minimum atomic E-state index is -3.46. The van der Waals surface area contributed by atoms with Crippen molar-refractivity contribution in [2.75, 3.05) is 19.6 Å². The van der Waals surface area contributed by atoms with Crippen LogP contribution >= 0.6 is 27.3 Å². The second-order valence-electron chi connectivity index (χ2n) is 5.88. The van der Waals surface area contributed by atoms with Gasteiger partial charge in [-0.15, -0.1) is 11.3 Å². The van der Waals surface area contributed by atoms with Gasteiger partial charge < -0.3 is 4.90 Å². The zero-order chi connectivity index (χ0) is 17.9. The molecule has 2 aromatic rings. The molecule has 0 radical (unpaired) electrons. The topological polar surface area (TPSA) is 79.4 Å². The molecule has 1 aliphatic rings. The van der Waals surface area contributed by atoms with E-state index in [9.17, 15) is 13.2 Å². The number of nitrogens with zero attached hydrogens (tertiary/aromatic N) is 2. The highest BCUT2D eigenvalue weighted by molar-refractivity contribution is 9.11. The van der Waals surface area contributed by atoms with Crippen LogP contribution in [0, 0.1) is 5.92 Å². The Bertz CT molecular complexity index is 831. The van der Waals surface area contributed by atoms with Crippen LogP contribution in [0.5, 0.6) is 0 Å². The molecule has 3 rings (SSSR count). The average Bonchev–Trinajstić information content (AvgIpc) is 3.08. The number of halogens is 1. The highest BCUT2D eigenvalue weighted by Gasteiger charge is 2.25. The van der Waals surface area contributed by atoms with Gasteiger partial charge in [0.15, 0.2) is 0 Å². The molecule has 2 aromatic heterocycles. The molecule has 1 amide bonds. The van der Waals surface area contributed by atoms with Crippen molar-refractivity contribution in [3.63, 3.8) is 0 Å². The summed E-state index contributed by atoms with van der Waals surface area (Å²) in [5.74, 6) is 0.240. The summed E-state index contributed by atoms with van der Waals surface area (Å²) in [6.45, 7) is 1.67. The number of hydrogen-bond donors (Lipinski definition) is 1. The number of hydrogen-bond acceptors (Lipinski definition) is 5. The lowest BCUT2D eigenvalue weighted by Gasteiger charge is -2.32. The highest BCUT2D eigenvalue weighted by Crippen LogP contribution is 2.26. The number of nitrogens with one attached hydrogen (secondary N) is 1. The molecule has 134 valence electrons. The first-order valence-electron chi connectivity index (χ1n) is 7.90. The molecule has 0 saturated carbocycles. The molecule has 1 aliphatic heterocycles. The lowest BCUT2D eigenvalue weighted by Crippen LogP contribution is -2.41. The lowest BCUT2D eigenvalue weighted by molar-refractivity contribution is 0.0692. The largest absolute Gasteiger partial charge is 0.339 e. The van der Waals surface area contributed by atoms with Crippen molar-refractivity contribution in [2.45, 2.75) is 17.1 Å². The molecular formula is C16H18BrN3O3S2. The van der Waals surface area contributed by atoms with Crippen molar-refractivity contribution in [3.8, 4) is 0 Å². The lowest BCUT2D eigenvalue weighted by atomic mass is 9.97. The summed E-state index contributed by atoms with van der Waals surface area (Å²) in [7, 11) is -3.46. The number of amides is 1. The van der Waals surface area contributed by atoms with Gasteiger partial charge >= 0.3 is 0 Å². The predicted octanol–water partition coefficient (Wildman–Crippen LogP) is 2.74. The second-order valence-corrected chi connectivity index (χ2v) is 10.3. The van der Waals surface area contributed by atoms with E-state index in [0.717, 1.165) is 16.6 Å².